The van der Waals surface area contributed by atoms with E-state index in [0.717, 1.165) is 11.3 Å². The maximum atomic E-state index is 11.7. The summed E-state index contributed by atoms with van der Waals surface area (Å²) in [5.41, 5.74) is 3.37. The third-order valence-electron chi connectivity index (χ3n) is 3.17. The molecule has 5 nitrogen and oxygen atoms in total. The first-order chi connectivity index (χ1) is 10.4. The van der Waals surface area contributed by atoms with Gasteiger partial charge in [-0.1, -0.05) is 31.5 Å². The number of anilines is 3. The van der Waals surface area contributed by atoms with Crippen molar-refractivity contribution in [3.8, 4) is 0 Å². The average Bonchev–Trinajstić information content (AvgIpc) is 2.43. The van der Waals surface area contributed by atoms with E-state index in [9.17, 15) is 4.79 Å². The molecule has 2 aromatic rings. The first-order valence-corrected chi connectivity index (χ1v) is 7.42. The lowest BCUT2D eigenvalue weighted by atomic mass is 10.1. The monoisotopic (exact) mass is 298 g/mol. The third-order valence-corrected chi connectivity index (χ3v) is 3.17. The predicted octanol–water partition coefficient (Wildman–Crippen LogP) is 3.82. The zero-order valence-corrected chi connectivity index (χ0v) is 13.5. The Morgan fingerprint density at radius 2 is 1.77 bits per heavy atom. The molecule has 0 aliphatic heterocycles. The molecule has 0 saturated heterocycles. The molecule has 1 heterocycles. The summed E-state index contributed by atoms with van der Waals surface area (Å²) in [6.45, 7) is 8.11. The van der Waals surface area contributed by atoms with Crippen LogP contribution >= 0.6 is 0 Å². The van der Waals surface area contributed by atoms with Crippen LogP contribution in [-0.4, -0.2) is 16.1 Å². The Bertz CT molecular complexity index is 650. The molecule has 0 saturated carbocycles. The molecule has 0 bridgehead atoms. The molecule has 22 heavy (non-hydrogen) atoms. The minimum Gasteiger partial charge on any atom is -0.339 e. The van der Waals surface area contributed by atoms with E-state index in [1.165, 1.54) is 5.56 Å². The maximum absolute atomic E-state index is 11.7. The number of benzene rings is 1. The SMILES string of the molecule is Cc1ccc(Nc2ccc(NC(=O)CC(C)C)nn2)c(C)c1. The van der Waals surface area contributed by atoms with Gasteiger partial charge in [0.2, 0.25) is 5.91 Å². The van der Waals surface area contributed by atoms with Gasteiger partial charge in [0, 0.05) is 12.1 Å². The number of hydrogen-bond donors (Lipinski definition) is 2. The fourth-order valence-corrected chi connectivity index (χ4v) is 2.12. The van der Waals surface area contributed by atoms with Gasteiger partial charge in [0.05, 0.1) is 0 Å². The highest BCUT2D eigenvalue weighted by Gasteiger charge is 2.07. The summed E-state index contributed by atoms with van der Waals surface area (Å²) in [6.07, 6.45) is 0.476. The van der Waals surface area contributed by atoms with Crippen LogP contribution in [0.1, 0.15) is 31.4 Å². The second-order valence-corrected chi connectivity index (χ2v) is 5.89. The van der Waals surface area contributed by atoms with E-state index in [1.54, 1.807) is 12.1 Å². The molecular formula is C17H22N4O. The first kappa shape index (κ1) is 15.9. The van der Waals surface area contributed by atoms with Gasteiger partial charge in [0.15, 0.2) is 11.6 Å². The lowest BCUT2D eigenvalue weighted by Gasteiger charge is -2.10. The highest BCUT2D eigenvalue weighted by atomic mass is 16.1. The minimum atomic E-state index is -0.0422. The molecule has 116 valence electrons. The Balaban J connectivity index is 2.01. The lowest BCUT2D eigenvalue weighted by molar-refractivity contribution is -0.116. The van der Waals surface area contributed by atoms with E-state index in [0.29, 0.717) is 24.0 Å². The van der Waals surface area contributed by atoms with Crippen molar-refractivity contribution < 1.29 is 4.79 Å². The summed E-state index contributed by atoms with van der Waals surface area (Å²) >= 11 is 0. The number of amides is 1. The Morgan fingerprint density at radius 3 is 2.36 bits per heavy atom. The van der Waals surface area contributed by atoms with Crippen molar-refractivity contribution in [2.45, 2.75) is 34.1 Å². The van der Waals surface area contributed by atoms with Crippen LogP contribution < -0.4 is 10.6 Å². The molecule has 0 atom stereocenters. The van der Waals surface area contributed by atoms with Crippen LogP contribution in [-0.2, 0) is 4.79 Å². The smallest absolute Gasteiger partial charge is 0.225 e. The topological polar surface area (TPSA) is 66.9 Å². The van der Waals surface area contributed by atoms with Crippen LogP contribution in [0.3, 0.4) is 0 Å². The standard InChI is InChI=1S/C17H22N4O/c1-11(2)9-17(22)19-16-8-7-15(20-21-16)18-14-6-5-12(3)10-13(14)4/h5-8,10-11H,9H2,1-4H3,(H,18,20)(H,19,21,22). The number of carbonyl (C=O) groups is 1. The summed E-state index contributed by atoms with van der Waals surface area (Å²) < 4.78 is 0. The molecule has 2 N–H and O–H groups in total. The second kappa shape index (κ2) is 7.02. The summed E-state index contributed by atoms with van der Waals surface area (Å²) in [5.74, 6) is 1.39. The van der Waals surface area contributed by atoms with Gasteiger partial charge in [-0.3, -0.25) is 4.79 Å². The van der Waals surface area contributed by atoms with Crippen LogP contribution in [0.5, 0.6) is 0 Å². The van der Waals surface area contributed by atoms with Crippen LogP contribution in [0.4, 0.5) is 17.3 Å². The fraction of sp³-hybridized carbons (Fsp3) is 0.353. The number of nitrogens with zero attached hydrogens (tertiary/aromatic N) is 2. The normalized spacial score (nSPS) is 10.6. The molecule has 1 aromatic heterocycles. The largest absolute Gasteiger partial charge is 0.339 e. The van der Waals surface area contributed by atoms with Gasteiger partial charge in [-0.15, -0.1) is 10.2 Å². The highest BCUT2D eigenvalue weighted by molar-refractivity contribution is 5.89. The molecule has 0 radical (unpaired) electrons. The molecule has 0 aliphatic carbocycles. The molecule has 0 spiro atoms. The van der Waals surface area contributed by atoms with Gasteiger partial charge >= 0.3 is 0 Å². The van der Waals surface area contributed by atoms with Crippen molar-refractivity contribution >= 4 is 23.2 Å². The Kier molecular flexibility index (Phi) is 5.09. The second-order valence-electron chi connectivity index (χ2n) is 5.89. The van der Waals surface area contributed by atoms with E-state index in [1.807, 2.05) is 32.9 Å². The highest BCUT2D eigenvalue weighted by Crippen LogP contribution is 2.20. The number of hydrogen-bond acceptors (Lipinski definition) is 4. The quantitative estimate of drug-likeness (QED) is 0.880. The number of rotatable bonds is 5. The molecule has 2 rings (SSSR count). The summed E-state index contributed by atoms with van der Waals surface area (Å²) in [7, 11) is 0. The van der Waals surface area contributed by atoms with Crippen LogP contribution in [0.2, 0.25) is 0 Å². The van der Waals surface area contributed by atoms with Crippen molar-refractivity contribution in [2.75, 3.05) is 10.6 Å². The molecule has 0 fully saturated rings. The number of aromatic nitrogens is 2. The van der Waals surface area contributed by atoms with Crippen LogP contribution in [0.15, 0.2) is 30.3 Å². The van der Waals surface area contributed by atoms with Gasteiger partial charge in [-0.25, -0.2) is 0 Å². The zero-order valence-electron chi connectivity index (χ0n) is 13.5. The van der Waals surface area contributed by atoms with Gasteiger partial charge < -0.3 is 10.6 Å². The van der Waals surface area contributed by atoms with E-state index in [-0.39, 0.29) is 5.91 Å². The minimum absolute atomic E-state index is 0.0422. The van der Waals surface area contributed by atoms with E-state index < -0.39 is 0 Å². The summed E-state index contributed by atoms with van der Waals surface area (Å²) in [6, 6.07) is 9.72. The van der Waals surface area contributed by atoms with Crippen LogP contribution in [0, 0.1) is 19.8 Å². The summed E-state index contributed by atoms with van der Waals surface area (Å²) in [4.78, 5) is 11.7. The molecule has 1 amide bonds. The fourth-order valence-electron chi connectivity index (χ4n) is 2.12. The van der Waals surface area contributed by atoms with Crippen molar-refractivity contribution in [1.29, 1.82) is 0 Å². The predicted molar refractivity (Wildman–Crippen MR) is 89.3 cm³/mol. The number of nitrogens with one attached hydrogen (secondary N) is 2. The van der Waals surface area contributed by atoms with Gasteiger partial charge in [-0.2, -0.15) is 0 Å². The van der Waals surface area contributed by atoms with Crippen molar-refractivity contribution in [3.05, 3.63) is 41.5 Å². The molecule has 1 aromatic carbocycles. The Labute approximate surface area is 131 Å². The zero-order chi connectivity index (χ0) is 16.1. The van der Waals surface area contributed by atoms with E-state index >= 15 is 0 Å². The maximum Gasteiger partial charge on any atom is 0.225 e. The molecular weight excluding hydrogens is 276 g/mol. The van der Waals surface area contributed by atoms with Crippen LogP contribution in [0.25, 0.3) is 0 Å². The number of carbonyl (C=O) groups excluding carboxylic acids is 1. The third kappa shape index (κ3) is 4.55. The van der Waals surface area contributed by atoms with Gasteiger partial charge in [-0.05, 0) is 43.5 Å². The first-order valence-electron chi connectivity index (χ1n) is 7.42. The van der Waals surface area contributed by atoms with Gasteiger partial charge in [0.1, 0.15) is 0 Å². The van der Waals surface area contributed by atoms with E-state index in [2.05, 4.69) is 33.8 Å². The molecule has 0 aliphatic rings. The van der Waals surface area contributed by atoms with Crippen molar-refractivity contribution in [2.24, 2.45) is 5.92 Å². The Hall–Kier alpha value is -2.43. The molecule has 0 unspecified atom stereocenters. The Morgan fingerprint density at radius 1 is 1.09 bits per heavy atom. The van der Waals surface area contributed by atoms with Crippen molar-refractivity contribution in [1.82, 2.24) is 10.2 Å². The van der Waals surface area contributed by atoms with Gasteiger partial charge in [0.25, 0.3) is 0 Å². The number of aryl methyl sites for hydroxylation is 2. The summed E-state index contributed by atoms with van der Waals surface area (Å²) in [5, 5.41) is 14.1. The van der Waals surface area contributed by atoms with E-state index in [4.69, 9.17) is 0 Å². The average molecular weight is 298 g/mol. The molecule has 5 heteroatoms. The van der Waals surface area contributed by atoms with Crippen molar-refractivity contribution in [3.63, 3.8) is 0 Å². The lowest BCUT2D eigenvalue weighted by Crippen LogP contribution is -2.15.